The van der Waals surface area contributed by atoms with Crippen LogP contribution in [0.3, 0.4) is 0 Å². The maximum absolute atomic E-state index is 13.2. The molecule has 0 spiro atoms. The van der Waals surface area contributed by atoms with Crippen LogP contribution in [0.4, 0.5) is 20.2 Å². The van der Waals surface area contributed by atoms with Gasteiger partial charge in [-0.3, -0.25) is 14.5 Å². The summed E-state index contributed by atoms with van der Waals surface area (Å²) >= 11 is 1.06. The molecule has 1 aliphatic heterocycles. The molecular weight excluding hydrogens is 464 g/mol. The SMILES string of the molecule is CC(C)OC(=O)CSC1=N/C(=C\c2ccc(N(C)C)cc2)C(=O)N1c1ccc(OC(F)F)cc1. The van der Waals surface area contributed by atoms with E-state index in [0.717, 1.165) is 23.0 Å². The van der Waals surface area contributed by atoms with E-state index in [4.69, 9.17) is 4.74 Å². The van der Waals surface area contributed by atoms with Gasteiger partial charge in [0, 0.05) is 19.8 Å². The van der Waals surface area contributed by atoms with Crippen LogP contribution in [0.15, 0.2) is 59.2 Å². The van der Waals surface area contributed by atoms with Gasteiger partial charge in [0.05, 0.1) is 17.5 Å². The minimum Gasteiger partial charge on any atom is -0.462 e. The van der Waals surface area contributed by atoms with E-state index in [-0.39, 0.29) is 28.5 Å². The van der Waals surface area contributed by atoms with Crippen LogP contribution in [0.1, 0.15) is 19.4 Å². The highest BCUT2D eigenvalue weighted by molar-refractivity contribution is 8.14. The summed E-state index contributed by atoms with van der Waals surface area (Å²) in [6, 6.07) is 13.2. The van der Waals surface area contributed by atoms with Gasteiger partial charge in [-0.05, 0) is 61.9 Å². The number of carbonyl (C=O) groups excluding carboxylic acids is 2. The number of alkyl halides is 2. The molecule has 0 unspecified atom stereocenters. The summed E-state index contributed by atoms with van der Waals surface area (Å²) in [5, 5.41) is 0.282. The molecule has 1 heterocycles. The van der Waals surface area contributed by atoms with Gasteiger partial charge < -0.3 is 14.4 Å². The Morgan fingerprint density at radius 3 is 2.32 bits per heavy atom. The van der Waals surface area contributed by atoms with Crippen molar-refractivity contribution in [1.82, 2.24) is 0 Å². The summed E-state index contributed by atoms with van der Waals surface area (Å²) in [4.78, 5) is 33.0. The number of esters is 1. The van der Waals surface area contributed by atoms with Crippen molar-refractivity contribution in [3.05, 3.63) is 59.8 Å². The fraction of sp³-hybridized carbons (Fsp3) is 0.292. The van der Waals surface area contributed by atoms with Crippen LogP contribution in [0.2, 0.25) is 0 Å². The van der Waals surface area contributed by atoms with E-state index >= 15 is 0 Å². The average molecular weight is 490 g/mol. The molecule has 180 valence electrons. The van der Waals surface area contributed by atoms with Crippen molar-refractivity contribution in [2.75, 3.05) is 29.6 Å². The molecule has 0 saturated heterocycles. The number of rotatable bonds is 8. The number of hydrogen-bond acceptors (Lipinski definition) is 7. The Kier molecular flexibility index (Phi) is 8.27. The first kappa shape index (κ1) is 25.2. The zero-order valence-electron chi connectivity index (χ0n) is 19.2. The van der Waals surface area contributed by atoms with Crippen LogP contribution >= 0.6 is 11.8 Å². The van der Waals surface area contributed by atoms with E-state index in [1.165, 1.54) is 29.2 Å². The van der Waals surface area contributed by atoms with Crippen molar-refractivity contribution in [2.45, 2.75) is 26.6 Å². The number of anilines is 2. The predicted molar refractivity (Wildman–Crippen MR) is 130 cm³/mol. The molecule has 10 heteroatoms. The van der Waals surface area contributed by atoms with Gasteiger partial charge in [0.1, 0.15) is 11.4 Å². The third kappa shape index (κ3) is 6.57. The average Bonchev–Trinajstić information content (AvgIpc) is 3.07. The summed E-state index contributed by atoms with van der Waals surface area (Å²) in [7, 11) is 3.86. The van der Waals surface area contributed by atoms with Gasteiger partial charge in [-0.25, -0.2) is 4.99 Å². The van der Waals surface area contributed by atoms with Crippen LogP contribution in [0, 0.1) is 0 Å². The molecule has 0 aliphatic carbocycles. The van der Waals surface area contributed by atoms with E-state index in [1.807, 2.05) is 43.3 Å². The van der Waals surface area contributed by atoms with Crippen LogP contribution in [-0.2, 0) is 14.3 Å². The Morgan fingerprint density at radius 1 is 1.12 bits per heavy atom. The highest BCUT2D eigenvalue weighted by Gasteiger charge is 2.32. The Labute approximate surface area is 201 Å². The number of ether oxygens (including phenoxy) is 2. The maximum atomic E-state index is 13.2. The monoisotopic (exact) mass is 489 g/mol. The number of thioether (sulfide) groups is 1. The van der Waals surface area contributed by atoms with Crippen LogP contribution in [-0.4, -0.2) is 49.6 Å². The number of nitrogens with zero attached hydrogens (tertiary/aromatic N) is 3. The first-order valence-corrected chi connectivity index (χ1v) is 11.4. The van der Waals surface area contributed by atoms with E-state index in [1.54, 1.807) is 19.9 Å². The maximum Gasteiger partial charge on any atom is 0.387 e. The fourth-order valence-corrected chi connectivity index (χ4v) is 3.84. The molecule has 3 rings (SSSR count). The van der Waals surface area contributed by atoms with Crippen molar-refractivity contribution in [3.63, 3.8) is 0 Å². The first-order chi connectivity index (χ1) is 16.1. The molecule has 0 bridgehead atoms. The summed E-state index contributed by atoms with van der Waals surface area (Å²) in [5.41, 5.74) is 2.38. The van der Waals surface area contributed by atoms with Gasteiger partial charge in [0.15, 0.2) is 5.17 Å². The van der Waals surface area contributed by atoms with Crippen LogP contribution in [0.5, 0.6) is 5.75 Å². The van der Waals surface area contributed by atoms with E-state index in [9.17, 15) is 18.4 Å². The quantitative estimate of drug-likeness (QED) is 0.393. The lowest BCUT2D eigenvalue weighted by Crippen LogP contribution is -2.31. The molecule has 7 nitrogen and oxygen atoms in total. The Morgan fingerprint density at radius 2 is 1.76 bits per heavy atom. The van der Waals surface area contributed by atoms with Crippen molar-refractivity contribution in [3.8, 4) is 5.75 Å². The second kappa shape index (κ2) is 11.1. The lowest BCUT2D eigenvalue weighted by molar-refractivity contribution is -0.144. The lowest BCUT2D eigenvalue weighted by Gasteiger charge is -2.18. The van der Waals surface area contributed by atoms with E-state index in [2.05, 4.69) is 9.73 Å². The molecule has 0 aromatic heterocycles. The van der Waals surface area contributed by atoms with Gasteiger partial charge in [0.25, 0.3) is 5.91 Å². The summed E-state index contributed by atoms with van der Waals surface area (Å²) in [6.07, 6.45) is 1.39. The van der Waals surface area contributed by atoms with Crippen molar-refractivity contribution >= 4 is 46.3 Å². The summed E-state index contributed by atoms with van der Waals surface area (Å²) < 4.78 is 34.5. The summed E-state index contributed by atoms with van der Waals surface area (Å²) in [5.74, 6) is -0.918. The zero-order valence-corrected chi connectivity index (χ0v) is 20.0. The third-order valence-corrected chi connectivity index (χ3v) is 5.46. The number of aliphatic imine (C=N–C) groups is 1. The van der Waals surface area contributed by atoms with Gasteiger partial charge in [-0.1, -0.05) is 23.9 Å². The minimum atomic E-state index is -2.95. The molecule has 0 N–H and O–H groups in total. The Balaban J connectivity index is 1.88. The molecule has 0 radical (unpaired) electrons. The van der Waals surface area contributed by atoms with Crippen molar-refractivity contribution in [2.24, 2.45) is 4.99 Å². The highest BCUT2D eigenvalue weighted by atomic mass is 32.2. The number of amides is 1. The van der Waals surface area contributed by atoms with Gasteiger partial charge >= 0.3 is 12.6 Å². The van der Waals surface area contributed by atoms with Crippen molar-refractivity contribution < 1.29 is 27.8 Å². The predicted octanol–water partition coefficient (Wildman–Crippen LogP) is 4.78. The molecule has 0 atom stereocenters. The second-order valence-corrected chi connectivity index (χ2v) is 8.69. The topological polar surface area (TPSA) is 71.4 Å². The number of hydrogen-bond donors (Lipinski definition) is 0. The largest absolute Gasteiger partial charge is 0.462 e. The minimum absolute atomic E-state index is 0.0335. The number of halogens is 2. The Hall–Kier alpha value is -3.40. The number of carbonyl (C=O) groups is 2. The van der Waals surface area contributed by atoms with E-state index < -0.39 is 18.5 Å². The fourth-order valence-electron chi connectivity index (χ4n) is 3.04. The third-order valence-electron chi connectivity index (χ3n) is 4.55. The second-order valence-electron chi connectivity index (χ2n) is 7.75. The lowest BCUT2D eigenvalue weighted by atomic mass is 10.1. The normalized spacial score (nSPS) is 14.7. The van der Waals surface area contributed by atoms with Crippen molar-refractivity contribution in [1.29, 1.82) is 0 Å². The first-order valence-electron chi connectivity index (χ1n) is 10.4. The molecule has 0 fully saturated rings. The standard InChI is InChI=1S/C24H25F2N3O4S/c1-15(2)32-21(30)14-34-24-27-20(13-16-5-7-17(8-6-16)28(3)4)22(31)29(24)18-9-11-19(12-10-18)33-23(25)26/h5-13,15,23H,14H2,1-4H3/b20-13-. The Bertz CT molecular complexity index is 1080. The van der Waals surface area contributed by atoms with Crippen LogP contribution < -0.4 is 14.5 Å². The number of amidine groups is 1. The highest BCUT2D eigenvalue weighted by Crippen LogP contribution is 2.31. The zero-order chi connectivity index (χ0) is 24.8. The van der Waals surface area contributed by atoms with Gasteiger partial charge in [-0.15, -0.1) is 0 Å². The molecule has 1 aliphatic rings. The van der Waals surface area contributed by atoms with E-state index in [0.29, 0.717) is 5.69 Å². The molecule has 34 heavy (non-hydrogen) atoms. The smallest absolute Gasteiger partial charge is 0.387 e. The molecule has 2 aromatic rings. The summed E-state index contributed by atoms with van der Waals surface area (Å²) in [6.45, 7) is 0.542. The molecule has 0 saturated carbocycles. The van der Waals surface area contributed by atoms with Gasteiger partial charge in [0.2, 0.25) is 0 Å². The molecular formula is C24H25F2N3O4S. The molecule has 1 amide bonds. The molecule has 2 aromatic carbocycles. The number of benzene rings is 2. The van der Waals surface area contributed by atoms with Gasteiger partial charge in [-0.2, -0.15) is 8.78 Å². The van der Waals surface area contributed by atoms with Crippen LogP contribution in [0.25, 0.3) is 6.08 Å².